The Kier molecular flexibility index (Phi) is 12.4. The zero-order chi connectivity index (χ0) is 41.9. The van der Waals surface area contributed by atoms with E-state index in [4.69, 9.17) is 17.0 Å². The number of nitrogens with zero attached hydrogens (tertiary/aromatic N) is 6. The lowest BCUT2D eigenvalue weighted by atomic mass is 10.0. The number of thiocarbonyl (C=S) groups is 1. The number of aromatic nitrogens is 1. The summed E-state index contributed by atoms with van der Waals surface area (Å²) in [6, 6.07) is 13.8. The zero-order valence-corrected chi connectivity index (χ0v) is 33.3. The van der Waals surface area contributed by atoms with Gasteiger partial charge in [0.1, 0.15) is 30.0 Å². The molecule has 306 valence electrons. The summed E-state index contributed by atoms with van der Waals surface area (Å²) in [5, 5.41) is 17.6. The molecule has 2 unspecified atom stereocenters. The number of imide groups is 1. The minimum Gasteiger partial charge on any atom is -0.492 e. The number of benzene rings is 2. The Morgan fingerprint density at radius 2 is 1.81 bits per heavy atom. The van der Waals surface area contributed by atoms with E-state index in [1.807, 2.05) is 19.9 Å². The average Bonchev–Trinajstić information content (AvgIpc) is 3.37. The third-order valence-electron chi connectivity index (χ3n) is 10.6. The number of nitriles is 1. The van der Waals surface area contributed by atoms with Crippen LogP contribution in [0.2, 0.25) is 0 Å². The molecular weight excluding hydrogens is 776 g/mol. The number of carbonyl (C=O) groups is 4. The highest BCUT2D eigenvalue weighted by atomic mass is 32.1. The molecule has 0 spiro atoms. The summed E-state index contributed by atoms with van der Waals surface area (Å²) in [5.74, 6) is -0.695. The standard InChI is InChI=1S/C40H44F3N9O5S/c1-5-25-19-28(52-38(58)51(37(56)39(52,3)4)29-21-30(40(41,42)43)32(22-44)45-23-29)9-11-33(25)57-18-17-49-13-15-50(16-14-49)24(2)35(54)47-27-8-6-7-26(20-27)46-31-10-12-34(53)48-36(31)55/h6-9,11,19-21,23-24,31,46H,5,10,12-18H2,1-4H3,(H,47,54)(H,48,53,55). The Morgan fingerprint density at radius 1 is 1.09 bits per heavy atom. The smallest absolute Gasteiger partial charge is 0.419 e. The van der Waals surface area contributed by atoms with Crippen molar-refractivity contribution in [3.8, 4) is 11.8 Å². The normalized spacial score (nSPS) is 19.4. The van der Waals surface area contributed by atoms with Gasteiger partial charge in [-0.1, -0.05) is 13.0 Å². The van der Waals surface area contributed by atoms with Crippen molar-refractivity contribution in [2.75, 3.05) is 59.8 Å². The van der Waals surface area contributed by atoms with Crippen LogP contribution in [0.25, 0.3) is 0 Å². The quantitative estimate of drug-likeness (QED) is 0.171. The summed E-state index contributed by atoms with van der Waals surface area (Å²) >= 11 is 5.68. The monoisotopic (exact) mass is 819 g/mol. The fourth-order valence-corrected chi connectivity index (χ4v) is 7.77. The van der Waals surface area contributed by atoms with Crippen LogP contribution in [0.5, 0.6) is 5.75 Å². The summed E-state index contributed by atoms with van der Waals surface area (Å²) in [4.78, 5) is 61.1. The summed E-state index contributed by atoms with van der Waals surface area (Å²) in [6.45, 7) is 11.0. The van der Waals surface area contributed by atoms with E-state index < -0.39 is 34.9 Å². The maximum absolute atomic E-state index is 13.7. The van der Waals surface area contributed by atoms with E-state index in [2.05, 4.69) is 30.7 Å². The van der Waals surface area contributed by atoms with Gasteiger partial charge in [-0.25, -0.2) is 4.98 Å². The Bertz CT molecular complexity index is 2150. The highest BCUT2D eigenvalue weighted by Crippen LogP contribution is 2.40. The number of ether oxygens (including phenoxy) is 1. The molecule has 3 aromatic rings. The van der Waals surface area contributed by atoms with Crippen LogP contribution in [0.3, 0.4) is 0 Å². The van der Waals surface area contributed by atoms with Crippen molar-refractivity contribution >= 4 is 63.7 Å². The van der Waals surface area contributed by atoms with Gasteiger partial charge in [0.05, 0.1) is 23.5 Å². The lowest BCUT2D eigenvalue weighted by Gasteiger charge is -2.37. The van der Waals surface area contributed by atoms with Crippen LogP contribution in [-0.4, -0.2) is 100 Å². The van der Waals surface area contributed by atoms with E-state index in [-0.39, 0.29) is 41.0 Å². The van der Waals surface area contributed by atoms with Crippen LogP contribution >= 0.6 is 12.2 Å². The van der Waals surface area contributed by atoms with Gasteiger partial charge in [-0.3, -0.25) is 39.2 Å². The molecule has 0 radical (unpaired) electrons. The van der Waals surface area contributed by atoms with E-state index in [0.717, 1.165) is 35.8 Å². The van der Waals surface area contributed by atoms with Crippen LogP contribution in [0.4, 0.5) is 35.9 Å². The first-order chi connectivity index (χ1) is 27.5. The van der Waals surface area contributed by atoms with Crippen molar-refractivity contribution in [3.05, 3.63) is 71.5 Å². The van der Waals surface area contributed by atoms with Crippen LogP contribution in [0.15, 0.2) is 54.7 Å². The number of hydrogen-bond donors (Lipinski definition) is 3. The van der Waals surface area contributed by atoms with E-state index in [1.165, 1.54) is 6.07 Å². The fraction of sp³-hybridized carbons (Fsp3) is 0.425. The van der Waals surface area contributed by atoms with E-state index in [1.54, 1.807) is 55.1 Å². The highest BCUT2D eigenvalue weighted by Gasteiger charge is 2.51. The Hall–Kier alpha value is -5.64. The van der Waals surface area contributed by atoms with E-state index >= 15 is 0 Å². The number of hydrogen-bond acceptors (Lipinski definition) is 11. The number of pyridine rings is 1. The molecule has 14 nitrogen and oxygen atoms in total. The number of anilines is 4. The Labute approximate surface area is 339 Å². The average molecular weight is 820 g/mol. The Morgan fingerprint density at radius 3 is 2.48 bits per heavy atom. The van der Waals surface area contributed by atoms with Gasteiger partial charge in [0.2, 0.25) is 17.7 Å². The molecule has 2 atom stereocenters. The molecule has 3 saturated heterocycles. The van der Waals surface area contributed by atoms with Gasteiger partial charge < -0.3 is 20.3 Å². The van der Waals surface area contributed by atoms with Crippen molar-refractivity contribution in [2.45, 2.75) is 70.8 Å². The van der Waals surface area contributed by atoms with Crippen molar-refractivity contribution in [2.24, 2.45) is 0 Å². The lowest BCUT2D eigenvalue weighted by molar-refractivity contribution is -0.138. The molecule has 1 aromatic heterocycles. The minimum absolute atomic E-state index is 0.0233. The molecule has 3 fully saturated rings. The van der Waals surface area contributed by atoms with Gasteiger partial charge in [0.15, 0.2) is 10.8 Å². The molecule has 4 heterocycles. The molecule has 58 heavy (non-hydrogen) atoms. The van der Waals surface area contributed by atoms with Crippen molar-refractivity contribution < 1.29 is 37.1 Å². The van der Waals surface area contributed by atoms with Crippen LogP contribution in [-0.2, 0) is 31.8 Å². The number of carbonyl (C=O) groups excluding carboxylic acids is 4. The topological polar surface area (TPSA) is 163 Å². The first-order valence-corrected chi connectivity index (χ1v) is 19.3. The van der Waals surface area contributed by atoms with Crippen molar-refractivity contribution in [1.29, 1.82) is 5.26 Å². The van der Waals surface area contributed by atoms with Gasteiger partial charge in [0, 0.05) is 56.2 Å². The first kappa shape index (κ1) is 42.0. The van der Waals surface area contributed by atoms with Crippen molar-refractivity contribution in [1.82, 2.24) is 20.1 Å². The highest BCUT2D eigenvalue weighted by molar-refractivity contribution is 7.81. The number of halogens is 3. The van der Waals surface area contributed by atoms with Crippen LogP contribution < -0.4 is 30.5 Å². The molecule has 6 rings (SSSR count). The third-order valence-corrected chi connectivity index (χ3v) is 11.0. The molecule has 3 N–H and O–H groups in total. The number of nitrogens with one attached hydrogen (secondary N) is 3. The molecule has 3 aliphatic heterocycles. The van der Waals surface area contributed by atoms with E-state index in [9.17, 15) is 37.6 Å². The SMILES string of the molecule is CCc1cc(N2C(=S)N(c3cnc(C#N)c(C(F)(F)F)c3)C(=O)C2(C)C)ccc1OCCN1CCN(C(C)C(=O)Nc2cccc(NC3CCC(=O)NC3=O)c2)CC1. The molecule has 0 saturated carbocycles. The zero-order valence-electron chi connectivity index (χ0n) is 32.5. The molecule has 3 aliphatic rings. The van der Waals surface area contributed by atoms with Gasteiger partial charge in [-0.05, 0) is 93.9 Å². The number of rotatable bonds is 12. The predicted molar refractivity (Wildman–Crippen MR) is 214 cm³/mol. The molecule has 18 heteroatoms. The second-order valence-electron chi connectivity index (χ2n) is 14.8. The molecule has 2 aromatic carbocycles. The summed E-state index contributed by atoms with van der Waals surface area (Å²) in [7, 11) is 0. The number of piperazine rings is 1. The minimum atomic E-state index is -4.86. The maximum atomic E-state index is 13.7. The van der Waals surface area contributed by atoms with Gasteiger partial charge in [-0.15, -0.1) is 0 Å². The summed E-state index contributed by atoms with van der Waals surface area (Å²) in [6.07, 6.45) is -2.57. The summed E-state index contributed by atoms with van der Waals surface area (Å²) < 4.78 is 47.4. The number of alkyl halides is 3. The second-order valence-corrected chi connectivity index (χ2v) is 15.1. The molecule has 4 amide bonds. The van der Waals surface area contributed by atoms with Gasteiger partial charge >= 0.3 is 6.18 Å². The van der Waals surface area contributed by atoms with Gasteiger partial charge in [0.25, 0.3) is 5.91 Å². The summed E-state index contributed by atoms with van der Waals surface area (Å²) in [5.41, 5.74) is -0.816. The fourth-order valence-electron chi connectivity index (χ4n) is 7.25. The lowest BCUT2D eigenvalue weighted by Crippen LogP contribution is -2.53. The Balaban J connectivity index is 1.01. The third kappa shape index (κ3) is 8.91. The first-order valence-electron chi connectivity index (χ1n) is 18.9. The molecular formula is C40H44F3N9O5S. The van der Waals surface area contributed by atoms with Crippen molar-refractivity contribution in [3.63, 3.8) is 0 Å². The van der Waals surface area contributed by atoms with E-state index in [0.29, 0.717) is 61.9 Å². The predicted octanol–water partition coefficient (Wildman–Crippen LogP) is 4.69. The van der Waals surface area contributed by atoms with Gasteiger partial charge in [-0.2, -0.15) is 18.4 Å². The second kappa shape index (κ2) is 17.1. The maximum Gasteiger partial charge on any atom is 0.419 e. The molecule has 0 bridgehead atoms. The number of piperidine rings is 1. The van der Waals surface area contributed by atoms with Crippen LogP contribution in [0.1, 0.15) is 57.4 Å². The van der Waals surface area contributed by atoms with Crippen LogP contribution in [0, 0.1) is 11.3 Å². The number of aryl methyl sites for hydroxylation is 1. The largest absolute Gasteiger partial charge is 0.492 e. The molecule has 0 aliphatic carbocycles. The number of amides is 4.